The van der Waals surface area contributed by atoms with Crippen molar-refractivity contribution in [2.24, 2.45) is 7.05 Å². The summed E-state index contributed by atoms with van der Waals surface area (Å²) in [6.07, 6.45) is 1.51. The quantitative estimate of drug-likeness (QED) is 0.941. The first-order valence-corrected chi connectivity index (χ1v) is 8.28. The van der Waals surface area contributed by atoms with E-state index in [0.29, 0.717) is 16.4 Å². The Morgan fingerprint density at radius 2 is 1.95 bits per heavy atom. The van der Waals surface area contributed by atoms with Crippen molar-refractivity contribution in [1.29, 1.82) is 0 Å². The number of benzene rings is 1. The molecule has 0 aliphatic carbocycles. The van der Waals surface area contributed by atoms with Crippen molar-refractivity contribution in [1.82, 2.24) is 9.78 Å². The molecule has 2 rings (SSSR count). The monoisotopic (exact) mass is 327 g/mol. The summed E-state index contributed by atoms with van der Waals surface area (Å²) < 4.78 is 29.2. The van der Waals surface area contributed by atoms with Gasteiger partial charge in [-0.25, -0.2) is 8.42 Å². The molecule has 0 saturated carbocycles. The molecule has 7 heteroatoms. The minimum Gasteiger partial charge on any atom is -0.279 e. The van der Waals surface area contributed by atoms with Gasteiger partial charge in [0, 0.05) is 23.7 Å². The maximum Gasteiger partial charge on any atom is 0.265 e. The summed E-state index contributed by atoms with van der Waals surface area (Å²) in [5.74, 6) is 0. The van der Waals surface area contributed by atoms with Crippen LogP contribution in [0.3, 0.4) is 0 Å². The minimum absolute atomic E-state index is 0.178. The Balaban J connectivity index is 2.45. The molecule has 0 aliphatic rings. The SMILES string of the molecule is Cn1cc(S(=O)(=O)Nc2cccc(Cl)c2)c(C(C)(C)C)n1. The zero-order valence-electron chi connectivity index (χ0n) is 12.4. The van der Waals surface area contributed by atoms with Crippen molar-refractivity contribution in [3.05, 3.63) is 41.2 Å². The van der Waals surface area contributed by atoms with Crippen LogP contribution in [0.4, 0.5) is 5.69 Å². The van der Waals surface area contributed by atoms with E-state index in [0.717, 1.165) is 0 Å². The fourth-order valence-electron chi connectivity index (χ4n) is 1.95. The molecule has 2 aromatic rings. The number of sulfonamides is 1. The Hall–Kier alpha value is -1.53. The second-order valence-corrected chi connectivity index (χ2v) is 7.97. The molecule has 1 aromatic heterocycles. The highest BCUT2D eigenvalue weighted by Crippen LogP contribution is 2.29. The zero-order valence-corrected chi connectivity index (χ0v) is 14.0. The van der Waals surface area contributed by atoms with E-state index in [1.807, 2.05) is 20.8 Å². The Kier molecular flexibility index (Phi) is 4.04. The highest BCUT2D eigenvalue weighted by atomic mass is 35.5. The molecule has 21 heavy (non-hydrogen) atoms. The standard InChI is InChI=1S/C14H18ClN3O2S/c1-14(2,3)13-12(9-18(4)16-13)21(19,20)17-11-7-5-6-10(15)8-11/h5-9,17H,1-4H3. The smallest absolute Gasteiger partial charge is 0.265 e. The predicted octanol–water partition coefficient (Wildman–Crippen LogP) is 3.17. The van der Waals surface area contributed by atoms with Gasteiger partial charge < -0.3 is 0 Å². The molecule has 0 atom stereocenters. The molecule has 0 radical (unpaired) electrons. The van der Waals surface area contributed by atoms with Gasteiger partial charge in [0.25, 0.3) is 10.0 Å². The summed E-state index contributed by atoms with van der Waals surface area (Å²) in [5.41, 5.74) is 0.574. The van der Waals surface area contributed by atoms with E-state index in [-0.39, 0.29) is 10.3 Å². The lowest BCUT2D eigenvalue weighted by atomic mass is 9.92. The number of rotatable bonds is 3. The predicted molar refractivity (Wildman–Crippen MR) is 84.2 cm³/mol. The van der Waals surface area contributed by atoms with Crippen LogP contribution < -0.4 is 4.72 Å². The van der Waals surface area contributed by atoms with Crippen molar-refractivity contribution < 1.29 is 8.42 Å². The van der Waals surface area contributed by atoms with Gasteiger partial charge in [0.05, 0.1) is 11.4 Å². The molecule has 1 N–H and O–H groups in total. The first-order chi connectivity index (χ1) is 9.59. The zero-order chi connectivity index (χ0) is 15.8. The van der Waals surface area contributed by atoms with E-state index < -0.39 is 10.0 Å². The van der Waals surface area contributed by atoms with Crippen LogP contribution in [0.5, 0.6) is 0 Å². The normalized spacial score (nSPS) is 12.4. The van der Waals surface area contributed by atoms with E-state index in [1.165, 1.54) is 10.9 Å². The van der Waals surface area contributed by atoms with Gasteiger partial charge in [0.2, 0.25) is 0 Å². The summed E-state index contributed by atoms with van der Waals surface area (Å²) in [7, 11) is -2.01. The number of anilines is 1. The van der Waals surface area contributed by atoms with Crippen LogP contribution in [0.1, 0.15) is 26.5 Å². The van der Waals surface area contributed by atoms with E-state index in [9.17, 15) is 8.42 Å². The minimum atomic E-state index is -3.72. The van der Waals surface area contributed by atoms with Gasteiger partial charge >= 0.3 is 0 Å². The van der Waals surface area contributed by atoms with Gasteiger partial charge in [-0.2, -0.15) is 5.10 Å². The van der Waals surface area contributed by atoms with E-state index >= 15 is 0 Å². The number of nitrogens with one attached hydrogen (secondary N) is 1. The second-order valence-electron chi connectivity index (χ2n) is 5.88. The van der Waals surface area contributed by atoms with E-state index in [2.05, 4.69) is 9.82 Å². The number of aromatic nitrogens is 2. The fourth-order valence-corrected chi connectivity index (χ4v) is 3.58. The average Bonchev–Trinajstić information content (AvgIpc) is 2.71. The van der Waals surface area contributed by atoms with Crippen molar-refractivity contribution in [3.8, 4) is 0 Å². The van der Waals surface area contributed by atoms with Crippen LogP contribution >= 0.6 is 11.6 Å². The number of halogens is 1. The highest BCUT2D eigenvalue weighted by Gasteiger charge is 2.29. The molecule has 1 heterocycles. The molecule has 0 amide bonds. The van der Waals surface area contributed by atoms with Crippen molar-refractivity contribution >= 4 is 27.3 Å². The Bertz CT molecular complexity index is 761. The molecule has 1 aromatic carbocycles. The Morgan fingerprint density at radius 1 is 1.29 bits per heavy atom. The Morgan fingerprint density at radius 3 is 2.52 bits per heavy atom. The van der Waals surface area contributed by atoms with Gasteiger partial charge in [-0.05, 0) is 18.2 Å². The summed E-state index contributed by atoms with van der Waals surface area (Å²) in [6, 6.07) is 6.58. The van der Waals surface area contributed by atoms with Crippen LogP contribution in [0.2, 0.25) is 5.02 Å². The van der Waals surface area contributed by atoms with Crippen LogP contribution in [-0.2, 0) is 22.5 Å². The van der Waals surface area contributed by atoms with Crippen molar-refractivity contribution in [2.75, 3.05) is 4.72 Å². The van der Waals surface area contributed by atoms with Crippen LogP contribution in [0.15, 0.2) is 35.4 Å². The second kappa shape index (κ2) is 5.35. The first-order valence-electron chi connectivity index (χ1n) is 6.42. The number of aryl methyl sites for hydroxylation is 1. The fraction of sp³-hybridized carbons (Fsp3) is 0.357. The van der Waals surface area contributed by atoms with Crippen LogP contribution in [0, 0.1) is 0 Å². The van der Waals surface area contributed by atoms with Gasteiger partial charge in [-0.3, -0.25) is 9.40 Å². The molecule has 5 nitrogen and oxygen atoms in total. The first kappa shape index (κ1) is 15.9. The summed E-state index contributed by atoms with van der Waals surface area (Å²) in [5, 5.41) is 4.75. The third kappa shape index (κ3) is 3.57. The summed E-state index contributed by atoms with van der Waals surface area (Å²) >= 11 is 5.88. The molecular formula is C14H18ClN3O2S. The van der Waals surface area contributed by atoms with Crippen LogP contribution in [0.25, 0.3) is 0 Å². The van der Waals surface area contributed by atoms with E-state index in [1.54, 1.807) is 31.3 Å². The van der Waals surface area contributed by atoms with Gasteiger partial charge in [-0.1, -0.05) is 38.4 Å². The molecule has 0 spiro atoms. The van der Waals surface area contributed by atoms with E-state index in [4.69, 9.17) is 11.6 Å². The maximum absolute atomic E-state index is 12.6. The number of nitrogens with zero attached hydrogens (tertiary/aromatic N) is 2. The van der Waals surface area contributed by atoms with Crippen LogP contribution in [-0.4, -0.2) is 18.2 Å². The number of hydrogen-bond acceptors (Lipinski definition) is 3. The van der Waals surface area contributed by atoms with Gasteiger partial charge in [0.1, 0.15) is 4.90 Å². The third-order valence-electron chi connectivity index (χ3n) is 2.87. The summed E-state index contributed by atoms with van der Waals surface area (Å²) in [4.78, 5) is 0.178. The van der Waals surface area contributed by atoms with Gasteiger partial charge in [0.15, 0.2) is 0 Å². The molecule has 0 aliphatic heterocycles. The lowest BCUT2D eigenvalue weighted by Gasteiger charge is -2.17. The number of hydrogen-bond donors (Lipinski definition) is 1. The summed E-state index contributed by atoms with van der Waals surface area (Å²) in [6.45, 7) is 5.77. The third-order valence-corrected chi connectivity index (χ3v) is 4.49. The molecule has 0 unspecified atom stereocenters. The molecular weight excluding hydrogens is 310 g/mol. The lowest BCUT2D eigenvalue weighted by molar-refractivity contribution is 0.539. The average molecular weight is 328 g/mol. The van der Waals surface area contributed by atoms with Crippen molar-refractivity contribution in [3.63, 3.8) is 0 Å². The topological polar surface area (TPSA) is 64.0 Å². The molecule has 0 saturated heterocycles. The largest absolute Gasteiger partial charge is 0.279 e. The van der Waals surface area contributed by atoms with Gasteiger partial charge in [-0.15, -0.1) is 0 Å². The molecule has 0 bridgehead atoms. The lowest BCUT2D eigenvalue weighted by Crippen LogP contribution is -2.20. The highest BCUT2D eigenvalue weighted by molar-refractivity contribution is 7.92. The molecule has 0 fully saturated rings. The molecule has 114 valence electrons. The maximum atomic E-state index is 12.6. The Labute approximate surface area is 130 Å². The van der Waals surface area contributed by atoms with Crippen molar-refractivity contribution in [2.45, 2.75) is 31.1 Å².